The highest BCUT2D eigenvalue weighted by Crippen LogP contribution is 2.20. The maximum Gasteiger partial charge on any atom is 0.191 e. The summed E-state index contributed by atoms with van der Waals surface area (Å²) in [6, 6.07) is 9.06. The molecule has 1 aliphatic carbocycles. The van der Waals surface area contributed by atoms with Crippen LogP contribution in [0.15, 0.2) is 29.3 Å². The maximum atomic E-state index is 5.23. The fraction of sp³-hybridized carbons (Fsp3) is 0.667. The fourth-order valence-corrected chi connectivity index (χ4v) is 4.04. The molecule has 0 bridgehead atoms. The number of aliphatic imine (C=N–C) groups is 1. The van der Waals surface area contributed by atoms with E-state index in [0.29, 0.717) is 6.04 Å². The maximum absolute atomic E-state index is 5.23. The van der Waals surface area contributed by atoms with E-state index in [0.717, 1.165) is 30.7 Å². The van der Waals surface area contributed by atoms with E-state index in [1.807, 2.05) is 7.05 Å². The van der Waals surface area contributed by atoms with Gasteiger partial charge in [0.15, 0.2) is 5.96 Å². The second-order valence-electron chi connectivity index (χ2n) is 7.65. The van der Waals surface area contributed by atoms with Crippen LogP contribution in [0.2, 0.25) is 0 Å². The summed E-state index contributed by atoms with van der Waals surface area (Å²) in [5.74, 6) is 2.65. The van der Waals surface area contributed by atoms with Crippen LogP contribution in [0.1, 0.15) is 44.1 Å². The molecule has 27 heavy (non-hydrogen) atoms. The minimum atomic E-state index is 0. The SMILES string of the molecule is CN=C(NCC1CCN(Cc2ccc(OC)cc2)CC1)NC1CCCC1.I. The first kappa shape index (κ1) is 22.3. The van der Waals surface area contributed by atoms with Crippen molar-refractivity contribution in [3.63, 3.8) is 0 Å². The van der Waals surface area contributed by atoms with E-state index in [1.165, 1.54) is 57.2 Å². The van der Waals surface area contributed by atoms with E-state index in [1.54, 1.807) is 7.11 Å². The van der Waals surface area contributed by atoms with E-state index >= 15 is 0 Å². The summed E-state index contributed by atoms with van der Waals surface area (Å²) in [5.41, 5.74) is 1.36. The second kappa shape index (κ2) is 11.7. The fourth-order valence-electron chi connectivity index (χ4n) is 4.04. The van der Waals surface area contributed by atoms with Gasteiger partial charge < -0.3 is 15.4 Å². The minimum Gasteiger partial charge on any atom is -0.497 e. The third kappa shape index (κ3) is 7.14. The molecule has 1 aromatic rings. The van der Waals surface area contributed by atoms with Crippen LogP contribution >= 0.6 is 24.0 Å². The Labute approximate surface area is 181 Å². The van der Waals surface area contributed by atoms with E-state index in [4.69, 9.17) is 4.74 Å². The number of nitrogens with zero attached hydrogens (tertiary/aromatic N) is 2. The smallest absolute Gasteiger partial charge is 0.191 e. The molecule has 5 nitrogen and oxygen atoms in total. The molecular weight excluding hydrogens is 451 g/mol. The van der Waals surface area contributed by atoms with Gasteiger partial charge in [0.25, 0.3) is 0 Å². The van der Waals surface area contributed by atoms with Gasteiger partial charge in [0, 0.05) is 26.2 Å². The van der Waals surface area contributed by atoms with E-state index in [9.17, 15) is 0 Å². The van der Waals surface area contributed by atoms with E-state index in [2.05, 4.69) is 44.8 Å². The van der Waals surface area contributed by atoms with Crippen LogP contribution in [-0.2, 0) is 6.54 Å². The topological polar surface area (TPSA) is 48.9 Å². The number of nitrogens with one attached hydrogen (secondary N) is 2. The van der Waals surface area contributed by atoms with Crippen molar-refractivity contribution < 1.29 is 4.74 Å². The van der Waals surface area contributed by atoms with Crippen LogP contribution in [0.5, 0.6) is 5.75 Å². The normalized spacial score (nSPS) is 19.6. The van der Waals surface area contributed by atoms with Gasteiger partial charge in [-0.3, -0.25) is 9.89 Å². The van der Waals surface area contributed by atoms with Crippen molar-refractivity contribution in [1.29, 1.82) is 0 Å². The van der Waals surface area contributed by atoms with Gasteiger partial charge in [0.2, 0.25) is 0 Å². The van der Waals surface area contributed by atoms with Crippen LogP contribution in [0, 0.1) is 5.92 Å². The predicted molar refractivity (Wildman–Crippen MR) is 123 cm³/mol. The zero-order valence-electron chi connectivity index (χ0n) is 16.7. The Morgan fingerprint density at radius 2 is 1.78 bits per heavy atom. The second-order valence-corrected chi connectivity index (χ2v) is 7.65. The summed E-state index contributed by atoms with van der Waals surface area (Å²) in [6.45, 7) is 4.41. The summed E-state index contributed by atoms with van der Waals surface area (Å²) in [5, 5.41) is 7.12. The highest BCUT2D eigenvalue weighted by atomic mass is 127. The summed E-state index contributed by atoms with van der Waals surface area (Å²) in [6.07, 6.45) is 7.77. The Balaban J connectivity index is 0.00000261. The van der Waals surface area contributed by atoms with E-state index < -0.39 is 0 Å². The molecule has 2 aliphatic rings. The van der Waals surface area contributed by atoms with Gasteiger partial charge in [-0.05, 0) is 62.4 Å². The first-order valence-corrected chi connectivity index (χ1v) is 10.1. The molecule has 6 heteroatoms. The number of piperidine rings is 1. The number of methoxy groups -OCH3 is 1. The van der Waals surface area contributed by atoms with Crippen molar-refractivity contribution >= 4 is 29.9 Å². The van der Waals surface area contributed by atoms with Crippen LogP contribution in [0.3, 0.4) is 0 Å². The number of likely N-dealkylation sites (tertiary alicyclic amines) is 1. The molecule has 152 valence electrons. The predicted octanol–water partition coefficient (Wildman–Crippen LogP) is 3.63. The number of ether oxygens (including phenoxy) is 1. The van der Waals surface area contributed by atoms with Gasteiger partial charge in [-0.15, -0.1) is 24.0 Å². The third-order valence-electron chi connectivity index (χ3n) is 5.75. The molecule has 0 spiro atoms. The lowest BCUT2D eigenvalue weighted by Gasteiger charge is -2.32. The molecule has 2 N–H and O–H groups in total. The third-order valence-corrected chi connectivity index (χ3v) is 5.75. The number of guanidine groups is 1. The van der Waals surface area contributed by atoms with Crippen LogP contribution in [0.4, 0.5) is 0 Å². The standard InChI is InChI=1S/C21H34N4O.HI/c1-22-21(24-19-5-3-4-6-19)23-15-17-11-13-25(14-12-17)16-18-7-9-20(26-2)10-8-18;/h7-10,17,19H,3-6,11-16H2,1-2H3,(H2,22,23,24);1H. The lowest BCUT2D eigenvalue weighted by atomic mass is 9.96. The molecule has 1 saturated carbocycles. The van der Waals surface area contributed by atoms with Crippen molar-refractivity contribution in [3.05, 3.63) is 29.8 Å². The molecule has 1 heterocycles. The van der Waals surface area contributed by atoms with Crippen LogP contribution < -0.4 is 15.4 Å². The van der Waals surface area contributed by atoms with Crippen LogP contribution in [-0.4, -0.2) is 50.7 Å². The van der Waals surface area contributed by atoms with Gasteiger partial charge in [-0.1, -0.05) is 25.0 Å². The Kier molecular flexibility index (Phi) is 9.68. The summed E-state index contributed by atoms with van der Waals surface area (Å²) in [7, 11) is 3.59. The largest absolute Gasteiger partial charge is 0.497 e. The van der Waals surface area contributed by atoms with Crippen molar-refractivity contribution in [2.45, 2.75) is 51.1 Å². The summed E-state index contributed by atoms with van der Waals surface area (Å²) in [4.78, 5) is 6.95. The average molecular weight is 486 g/mol. The number of rotatable bonds is 6. The van der Waals surface area contributed by atoms with Crippen molar-refractivity contribution in [3.8, 4) is 5.75 Å². The number of hydrogen-bond acceptors (Lipinski definition) is 3. The number of halogens is 1. The Morgan fingerprint density at radius 1 is 1.11 bits per heavy atom. The molecule has 0 amide bonds. The van der Waals surface area contributed by atoms with Gasteiger partial charge in [-0.25, -0.2) is 0 Å². The lowest BCUT2D eigenvalue weighted by molar-refractivity contribution is 0.178. The monoisotopic (exact) mass is 486 g/mol. The van der Waals surface area contributed by atoms with Gasteiger partial charge >= 0.3 is 0 Å². The lowest BCUT2D eigenvalue weighted by Crippen LogP contribution is -2.45. The molecular formula is C21H35IN4O. The zero-order chi connectivity index (χ0) is 18.2. The van der Waals surface area contributed by atoms with Gasteiger partial charge in [0.05, 0.1) is 7.11 Å². The van der Waals surface area contributed by atoms with Gasteiger partial charge in [0.1, 0.15) is 5.75 Å². The first-order chi connectivity index (χ1) is 12.8. The molecule has 0 unspecified atom stereocenters. The summed E-state index contributed by atoms with van der Waals surface area (Å²) < 4.78 is 5.23. The van der Waals surface area contributed by atoms with Crippen molar-refractivity contribution in [2.24, 2.45) is 10.9 Å². The Hall–Kier alpha value is -1.02. The molecule has 2 fully saturated rings. The van der Waals surface area contributed by atoms with Crippen molar-refractivity contribution in [1.82, 2.24) is 15.5 Å². The molecule has 1 aromatic carbocycles. The molecule has 0 atom stereocenters. The zero-order valence-corrected chi connectivity index (χ0v) is 19.1. The first-order valence-electron chi connectivity index (χ1n) is 10.1. The highest BCUT2D eigenvalue weighted by molar-refractivity contribution is 14.0. The molecule has 0 aromatic heterocycles. The summed E-state index contributed by atoms with van der Waals surface area (Å²) >= 11 is 0. The highest BCUT2D eigenvalue weighted by Gasteiger charge is 2.20. The molecule has 0 radical (unpaired) electrons. The van der Waals surface area contributed by atoms with Crippen LogP contribution in [0.25, 0.3) is 0 Å². The van der Waals surface area contributed by atoms with E-state index in [-0.39, 0.29) is 24.0 Å². The Morgan fingerprint density at radius 3 is 2.37 bits per heavy atom. The number of benzene rings is 1. The quantitative estimate of drug-likeness (QED) is 0.367. The molecule has 1 aliphatic heterocycles. The molecule has 3 rings (SSSR count). The van der Waals surface area contributed by atoms with Gasteiger partial charge in [-0.2, -0.15) is 0 Å². The molecule has 1 saturated heterocycles. The minimum absolute atomic E-state index is 0. The number of hydrogen-bond donors (Lipinski definition) is 2. The Bertz CT molecular complexity index is 564. The average Bonchev–Trinajstić information content (AvgIpc) is 3.20. The van der Waals surface area contributed by atoms with Crippen molar-refractivity contribution in [2.75, 3.05) is 33.8 Å².